The molecule has 1 aromatic carbocycles. The van der Waals surface area contributed by atoms with E-state index in [1.54, 1.807) is 0 Å². The number of benzene rings is 1. The van der Waals surface area contributed by atoms with Crippen LogP contribution in [0, 0.1) is 0 Å². The molecule has 1 aromatic heterocycles. The molecule has 0 saturated carbocycles. The number of rotatable bonds is 2. The number of hydrogen-bond acceptors (Lipinski definition) is 4. The zero-order valence-electron chi connectivity index (χ0n) is 7.58. The van der Waals surface area contributed by atoms with Gasteiger partial charge in [0.1, 0.15) is 5.01 Å². The first-order valence-electron chi connectivity index (χ1n) is 4.17. The van der Waals surface area contributed by atoms with Gasteiger partial charge in [0, 0.05) is 15.9 Å². The molecule has 0 saturated heterocycles. The average Bonchev–Trinajstić information content (AvgIpc) is 2.56. The van der Waals surface area contributed by atoms with E-state index in [2.05, 4.69) is 26.1 Å². The average molecular weight is 305 g/mol. The van der Waals surface area contributed by atoms with Crippen LogP contribution in [0.4, 0.5) is 5.13 Å². The van der Waals surface area contributed by atoms with Crippen molar-refractivity contribution in [3.63, 3.8) is 0 Å². The Morgan fingerprint density at radius 3 is 2.80 bits per heavy atom. The molecule has 0 aliphatic rings. The molecule has 0 unspecified atom stereocenters. The number of nitrogens with two attached hydrogens (primary N) is 1. The molecule has 0 amide bonds. The predicted octanol–water partition coefficient (Wildman–Crippen LogP) is 3.13. The highest BCUT2D eigenvalue weighted by Gasteiger charge is 2.06. The Morgan fingerprint density at radius 1 is 1.40 bits per heavy atom. The standard InChI is InChI=1S/C9H7BrClN3S/c10-7-4-6(11)2-1-5(7)3-8-13-14-9(12)15-8/h1-2,4H,3H2,(H2,12,14). The summed E-state index contributed by atoms with van der Waals surface area (Å²) in [5.41, 5.74) is 6.63. The van der Waals surface area contributed by atoms with Crippen LogP contribution >= 0.6 is 38.9 Å². The number of anilines is 1. The summed E-state index contributed by atoms with van der Waals surface area (Å²) in [6, 6.07) is 5.68. The molecule has 2 rings (SSSR count). The first-order valence-corrected chi connectivity index (χ1v) is 6.15. The Bertz CT molecular complexity index is 486. The van der Waals surface area contributed by atoms with Crippen LogP contribution in [-0.4, -0.2) is 10.2 Å². The van der Waals surface area contributed by atoms with E-state index in [4.69, 9.17) is 17.3 Å². The second kappa shape index (κ2) is 4.47. The van der Waals surface area contributed by atoms with Gasteiger partial charge in [-0.15, -0.1) is 10.2 Å². The topological polar surface area (TPSA) is 51.8 Å². The van der Waals surface area contributed by atoms with Gasteiger partial charge in [0.25, 0.3) is 0 Å². The molecule has 1 heterocycles. The normalized spacial score (nSPS) is 10.5. The quantitative estimate of drug-likeness (QED) is 0.927. The highest BCUT2D eigenvalue weighted by atomic mass is 79.9. The molecule has 0 radical (unpaired) electrons. The number of nitrogens with zero attached hydrogens (tertiary/aromatic N) is 2. The molecule has 0 aliphatic heterocycles. The van der Waals surface area contributed by atoms with Crippen molar-refractivity contribution in [2.75, 3.05) is 5.73 Å². The third-order valence-electron chi connectivity index (χ3n) is 1.84. The summed E-state index contributed by atoms with van der Waals surface area (Å²) in [4.78, 5) is 0. The van der Waals surface area contributed by atoms with Gasteiger partial charge in [-0.2, -0.15) is 0 Å². The maximum absolute atomic E-state index is 5.85. The second-order valence-corrected chi connectivity index (χ2v) is 5.33. The van der Waals surface area contributed by atoms with Crippen LogP contribution in [0.5, 0.6) is 0 Å². The van der Waals surface area contributed by atoms with Crippen molar-refractivity contribution in [3.05, 3.63) is 38.3 Å². The largest absolute Gasteiger partial charge is 0.374 e. The smallest absolute Gasteiger partial charge is 0.203 e. The molecule has 3 nitrogen and oxygen atoms in total. The summed E-state index contributed by atoms with van der Waals surface area (Å²) in [7, 11) is 0. The summed E-state index contributed by atoms with van der Waals surface area (Å²) in [6.07, 6.45) is 0.715. The van der Waals surface area contributed by atoms with Gasteiger partial charge in [-0.3, -0.25) is 0 Å². The minimum atomic E-state index is 0.495. The SMILES string of the molecule is Nc1nnc(Cc2ccc(Cl)cc2Br)s1. The number of hydrogen-bond donors (Lipinski definition) is 1. The molecule has 0 aliphatic carbocycles. The number of halogens is 2. The van der Waals surface area contributed by atoms with E-state index in [1.165, 1.54) is 11.3 Å². The Hall–Kier alpha value is -0.650. The summed E-state index contributed by atoms with van der Waals surface area (Å²) in [5.74, 6) is 0. The summed E-state index contributed by atoms with van der Waals surface area (Å²) < 4.78 is 0.976. The van der Waals surface area contributed by atoms with E-state index in [0.717, 1.165) is 15.0 Å². The van der Waals surface area contributed by atoms with E-state index in [0.29, 0.717) is 16.6 Å². The van der Waals surface area contributed by atoms with E-state index >= 15 is 0 Å². The van der Waals surface area contributed by atoms with Gasteiger partial charge < -0.3 is 5.73 Å². The molecule has 6 heteroatoms. The third kappa shape index (κ3) is 2.68. The van der Waals surface area contributed by atoms with Crippen molar-refractivity contribution in [2.45, 2.75) is 6.42 Å². The lowest BCUT2D eigenvalue weighted by atomic mass is 10.2. The first-order chi connectivity index (χ1) is 7.15. The molecule has 0 bridgehead atoms. The molecule has 2 N–H and O–H groups in total. The van der Waals surface area contributed by atoms with Crippen molar-refractivity contribution in [1.29, 1.82) is 0 Å². The van der Waals surface area contributed by atoms with Gasteiger partial charge in [-0.1, -0.05) is 44.9 Å². The van der Waals surface area contributed by atoms with Crippen LogP contribution in [0.1, 0.15) is 10.6 Å². The van der Waals surface area contributed by atoms with E-state index in [1.807, 2.05) is 18.2 Å². The molecule has 0 atom stereocenters. The fourth-order valence-corrected chi connectivity index (χ4v) is 2.62. The third-order valence-corrected chi connectivity index (χ3v) is 3.56. The summed E-state index contributed by atoms with van der Waals surface area (Å²) >= 11 is 10.7. The lowest BCUT2D eigenvalue weighted by molar-refractivity contribution is 1.01. The van der Waals surface area contributed by atoms with Gasteiger partial charge in [-0.05, 0) is 17.7 Å². The van der Waals surface area contributed by atoms with Crippen LogP contribution in [-0.2, 0) is 6.42 Å². The Labute approximate surface area is 104 Å². The van der Waals surface area contributed by atoms with E-state index in [-0.39, 0.29) is 0 Å². The molecular formula is C9H7BrClN3S. The molecule has 2 aromatic rings. The maximum atomic E-state index is 5.85. The number of nitrogen functional groups attached to an aromatic ring is 1. The van der Waals surface area contributed by atoms with Crippen LogP contribution in [0.25, 0.3) is 0 Å². The zero-order valence-corrected chi connectivity index (χ0v) is 10.7. The highest BCUT2D eigenvalue weighted by Crippen LogP contribution is 2.25. The minimum absolute atomic E-state index is 0.495. The highest BCUT2D eigenvalue weighted by molar-refractivity contribution is 9.10. The second-order valence-electron chi connectivity index (χ2n) is 2.95. The van der Waals surface area contributed by atoms with Gasteiger partial charge >= 0.3 is 0 Å². The van der Waals surface area contributed by atoms with Crippen LogP contribution in [0.2, 0.25) is 5.02 Å². The van der Waals surface area contributed by atoms with Crippen LogP contribution < -0.4 is 5.73 Å². The van der Waals surface area contributed by atoms with Crippen molar-refractivity contribution in [2.24, 2.45) is 0 Å². The summed E-state index contributed by atoms with van der Waals surface area (Å²) in [5, 5.41) is 9.83. The van der Waals surface area contributed by atoms with Gasteiger partial charge in [-0.25, -0.2) is 0 Å². The minimum Gasteiger partial charge on any atom is -0.374 e. The Kier molecular flexibility index (Phi) is 3.23. The van der Waals surface area contributed by atoms with Crippen molar-refractivity contribution in [1.82, 2.24) is 10.2 Å². The van der Waals surface area contributed by atoms with Gasteiger partial charge in [0.05, 0.1) is 0 Å². The first kappa shape index (κ1) is 10.9. The fraction of sp³-hybridized carbons (Fsp3) is 0.111. The van der Waals surface area contributed by atoms with Crippen molar-refractivity contribution < 1.29 is 0 Å². The fourth-order valence-electron chi connectivity index (χ4n) is 1.17. The van der Waals surface area contributed by atoms with Crippen LogP contribution in [0.15, 0.2) is 22.7 Å². The summed E-state index contributed by atoms with van der Waals surface area (Å²) in [6.45, 7) is 0. The zero-order chi connectivity index (χ0) is 10.8. The maximum Gasteiger partial charge on any atom is 0.203 e. The molecule has 15 heavy (non-hydrogen) atoms. The van der Waals surface area contributed by atoms with Gasteiger partial charge in [0.2, 0.25) is 5.13 Å². The molecule has 0 fully saturated rings. The Balaban J connectivity index is 2.24. The Morgan fingerprint density at radius 2 is 2.20 bits per heavy atom. The molecular weight excluding hydrogens is 298 g/mol. The van der Waals surface area contributed by atoms with Crippen LogP contribution in [0.3, 0.4) is 0 Å². The lowest BCUT2D eigenvalue weighted by Gasteiger charge is -2.01. The predicted molar refractivity (Wildman–Crippen MR) is 66.3 cm³/mol. The lowest BCUT2D eigenvalue weighted by Crippen LogP contribution is -1.88. The van der Waals surface area contributed by atoms with Crippen molar-refractivity contribution >= 4 is 44.0 Å². The molecule has 78 valence electrons. The number of aromatic nitrogens is 2. The van der Waals surface area contributed by atoms with Crippen molar-refractivity contribution in [3.8, 4) is 0 Å². The van der Waals surface area contributed by atoms with Gasteiger partial charge in [0.15, 0.2) is 0 Å². The monoisotopic (exact) mass is 303 g/mol. The molecule has 0 spiro atoms. The van der Waals surface area contributed by atoms with E-state index in [9.17, 15) is 0 Å². The van der Waals surface area contributed by atoms with E-state index < -0.39 is 0 Å².